The SMILES string of the molecule is O=C1C=CC(=C(Cl)Cl)C1. The Labute approximate surface area is 62.9 Å². The molecule has 0 aliphatic heterocycles. The first kappa shape index (κ1) is 6.84. The summed E-state index contributed by atoms with van der Waals surface area (Å²) >= 11 is 10.8. The lowest BCUT2D eigenvalue weighted by Crippen LogP contribution is -1.84. The van der Waals surface area contributed by atoms with Gasteiger partial charge in [0.25, 0.3) is 0 Å². The number of halogens is 2. The maximum atomic E-state index is 10.5. The summed E-state index contributed by atoms with van der Waals surface area (Å²) in [6, 6.07) is 0. The molecule has 48 valence electrons. The molecule has 1 rings (SSSR count). The van der Waals surface area contributed by atoms with Crippen LogP contribution in [0.3, 0.4) is 0 Å². The van der Waals surface area contributed by atoms with Crippen molar-refractivity contribution in [3.63, 3.8) is 0 Å². The average molecular weight is 163 g/mol. The van der Waals surface area contributed by atoms with E-state index in [0.29, 0.717) is 12.0 Å². The van der Waals surface area contributed by atoms with E-state index in [1.807, 2.05) is 0 Å². The fraction of sp³-hybridized carbons (Fsp3) is 0.167. The third-order valence-corrected chi connectivity index (χ3v) is 1.56. The molecule has 0 radical (unpaired) electrons. The Bertz CT molecular complexity index is 199. The lowest BCUT2D eigenvalue weighted by Gasteiger charge is -1.88. The van der Waals surface area contributed by atoms with Crippen LogP contribution in [0.1, 0.15) is 6.42 Å². The summed E-state index contributed by atoms with van der Waals surface area (Å²) in [5.41, 5.74) is 0.711. The second-order valence-electron chi connectivity index (χ2n) is 1.76. The Kier molecular flexibility index (Phi) is 1.94. The van der Waals surface area contributed by atoms with Crippen LogP contribution in [0, 0.1) is 0 Å². The first-order valence-electron chi connectivity index (χ1n) is 2.45. The maximum Gasteiger partial charge on any atom is 0.160 e. The second kappa shape index (κ2) is 2.54. The zero-order chi connectivity index (χ0) is 6.85. The highest BCUT2D eigenvalue weighted by Crippen LogP contribution is 2.22. The maximum absolute atomic E-state index is 10.5. The Hall–Kier alpha value is -0.270. The van der Waals surface area contributed by atoms with E-state index in [-0.39, 0.29) is 10.3 Å². The molecule has 0 aromatic heterocycles. The molecule has 0 bridgehead atoms. The lowest BCUT2D eigenvalue weighted by atomic mass is 10.3. The smallest absolute Gasteiger partial charge is 0.160 e. The third kappa shape index (κ3) is 1.57. The topological polar surface area (TPSA) is 17.1 Å². The van der Waals surface area contributed by atoms with Crippen LogP contribution in [-0.4, -0.2) is 5.78 Å². The van der Waals surface area contributed by atoms with Crippen molar-refractivity contribution in [1.82, 2.24) is 0 Å². The number of carbonyl (C=O) groups excluding carboxylic acids is 1. The highest BCUT2D eigenvalue weighted by atomic mass is 35.5. The van der Waals surface area contributed by atoms with Gasteiger partial charge in [0.2, 0.25) is 0 Å². The summed E-state index contributed by atoms with van der Waals surface area (Å²) in [7, 11) is 0. The van der Waals surface area contributed by atoms with Gasteiger partial charge in [-0.15, -0.1) is 0 Å². The van der Waals surface area contributed by atoms with Crippen molar-refractivity contribution in [2.45, 2.75) is 6.42 Å². The fourth-order valence-electron chi connectivity index (χ4n) is 0.629. The molecule has 3 heteroatoms. The van der Waals surface area contributed by atoms with Crippen molar-refractivity contribution < 1.29 is 4.79 Å². The van der Waals surface area contributed by atoms with Crippen molar-refractivity contribution in [2.24, 2.45) is 0 Å². The molecule has 0 amide bonds. The number of hydrogen-bond donors (Lipinski definition) is 0. The quantitative estimate of drug-likeness (QED) is 0.534. The third-order valence-electron chi connectivity index (χ3n) is 1.08. The molecule has 0 aromatic carbocycles. The second-order valence-corrected chi connectivity index (χ2v) is 2.71. The van der Waals surface area contributed by atoms with Crippen LogP contribution >= 0.6 is 23.2 Å². The zero-order valence-electron chi connectivity index (χ0n) is 4.53. The van der Waals surface area contributed by atoms with E-state index in [1.165, 1.54) is 6.08 Å². The summed E-state index contributed by atoms with van der Waals surface area (Å²) in [5, 5.41) is 0. The number of carbonyl (C=O) groups is 1. The van der Waals surface area contributed by atoms with Crippen LogP contribution in [0.15, 0.2) is 22.2 Å². The van der Waals surface area contributed by atoms with E-state index in [1.54, 1.807) is 6.08 Å². The number of hydrogen-bond acceptors (Lipinski definition) is 1. The first-order valence-corrected chi connectivity index (χ1v) is 3.21. The largest absolute Gasteiger partial charge is 0.294 e. The van der Waals surface area contributed by atoms with Crippen LogP contribution in [0.2, 0.25) is 0 Å². The van der Waals surface area contributed by atoms with Crippen molar-refractivity contribution >= 4 is 29.0 Å². The summed E-state index contributed by atoms with van der Waals surface area (Å²) in [4.78, 5) is 10.5. The molecule has 1 nitrogen and oxygen atoms in total. The zero-order valence-corrected chi connectivity index (χ0v) is 6.04. The Morgan fingerprint density at radius 3 is 2.33 bits per heavy atom. The molecule has 0 atom stereocenters. The summed E-state index contributed by atoms with van der Waals surface area (Å²) in [6.07, 6.45) is 3.46. The van der Waals surface area contributed by atoms with E-state index >= 15 is 0 Å². The molecule has 0 saturated carbocycles. The Balaban J connectivity index is 2.83. The minimum Gasteiger partial charge on any atom is -0.294 e. The Morgan fingerprint density at radius 2 is 2.11 bits per heavy atom. The van der Waals surface area contributed by atoms with Gasteiger partial charge in [-0.25, -0.2) is 0 Å². The predicted octanol–water partition coefficient (Wildman–Crippen LogP) is 2.20. The van der Waals surface area contributed by atoms with Gasteiger partial charge in [0, 0.05) is 6.42 Å². The van der Waals surface area contributed by atoms with E-state index in [2.05, 4.69) is 0 Å². The average Bonchev–Trinajstić information content (AvgIpc) is 2.14. The molecule has 1 aliphatic carbocycles. The van der Waals surface area contributed by atoms with Crippen LogP contribution < -0.4 is 0 Å². The molecule has 0 N–H and O–H groups in total. The summed E-state index contributed by atoms with van der Waals surface area (Å²) < 4.78 is 0.192. The van der Waals surface area contributed by atoms with Crippen molar-refractivity contribution in [3.8, 4) is 0 Å². The molecular weight excluding hydrogens is 159 g/mol. The van der Waals surface area contributed by atoms with Crippen LogP contribution in [0.25, 0.3) is 0 Å². The minimum absolute atomic E-state index is 0.0591. The van der Waals surface area contributed by atoms with Crippen LogP contribution in [0.4, 0.5) is 0 Å². The lowest BCUT2D eigenvalue weighted by molar-refractivity contribution is -0.113. The van der Waals surface area contributed by atoms with E-state index in [0.717, 1.165) is 0 Å². The van der Waals surface area contributed by atoms with Crippen molar-refractivity contribution in [2.75, 3.05) is 0 Å². The van der Waals surface area contributed by atoms with Crippen LogP contribution in [0.5, 0.6) is 0 Å². The number of allylic oxidation sites excluding steroid dienone is 3. The molecule has 1 aliphatic rings. The highest BCUT2D eigenvalue weighted by molar-refractivity contribution is 6.56. The van der Waals surface area contributed by atoms with E-state index in [9.17, 15) is 4.79 Å². The van der Waals surface area contributed by atoms with Gasteiger partial charge < -0.3 is 0 Å². The Morgan fingerprint density at radius 1 is 1.44 bits per heavy atom. The molecule has 0 fully saturated rings. The van der Waals surface area contributed by atoms with Gasteiger partial charge in [0.15, 0.2) is 5.78 Å². The van der Waals surface area contributed by atoms with Crippen LogP contribution in [-0.2, 0) is 4.79 Å². The molecule has 0 saturated heterocycles. The van der Waals surface area contributed by atoms with Gasteiger partial charge in [-0.2, -0.15) is 0 Å². The highest BCUT2D eigenvalue weighted by Gasteiger charge is 2.10. The normalized spacial score (nSPS) is 17.1. The molecular formula is C6H4Cl2O. The number of ketones is 1. The van der Waals surface area contributed by atoms with E-state index in [4.69, 9.17) is 23.2 Å². The van der Waals surface area contributed by atoms with E-state index < -0.39 is 0 Å². The van der Waals surface area contributed by atoms with Gasteiger partial charge in [-0.3, -0.25) is 4.79 Å². The van der Waals surface area contributed by atoms with Gasteiger partial charge in [0.1, 0.15) is 4.49 Å². The monoisotopic (exact) mass is 162 g/mol. The first-order chi connectivity index (χ1) is 4.20. The fourth-order valence-corrected chi connectivity index (χ4v) is 0.889. The van der Waals surface area contributed by atoms with Gasteiger partial charge in [-0.1, -0.05) is 29.3 Å². The summed E-state index contributed by atoms with van der Waals surface area (Å²) in [5.74, 6) is 0.0591. The molecule has 0 unspecified atom stereocenters. The predicted molar refractivity (Wildman–Crippen MR) is 37.5 cm³/mol. The van der Waals surface area contributed by atoms with Crippen molar-refractivity contribution in [1.29, 1.82) is 0 Å². The molecule has 0 aromatic rings. The minimum atomic E-state index is 0.0591. The van der Waals surface area contributed by atoms with Gasteiger partial charge in [-0.05, 0) is 11.6 Å². The van der Waals surface area contributed by atoms with Gasteiger partial charge >= 0.3 is 0 Å². The van der Waals surface area contributed by atoms with Gasteiger partial charge in [0.05, 0.1) is 0 Å². The summed E-state index contributed by atoms with van der Waals surface area (Å²) in [6.45, 7) is 0. The standard InChI is InChI=1S/C6H4Cl2O/c7-6(8)4-1-2-5(9)3-4/h1-2H,3H2. The molecule has 0 heterocycles. The molecule has 9 heavy (non-hydrogen) atoms. The molecule has 0 spiro atoms. The van der Waals surface area contributed by atoms with Crippen molar-refractivity contribution in [3.05, 3.63) is 22.2 Å². The number of rotatable bonds is 0.